The number of carbonyl (C=O) groups is 1. The number of rotatable bonds is 4. The molecule has 1 heteroatoms. The van der Waals surface area contributed by atoms with Crippen LogP contribution in [0.2, 0.25) is 0 Å². The van der Waals surface area contributed by atoms with Gasteiger partial charge in [0.25, 0.3) is 0 Å². The smallest absolute Gasteiger partial charge is 0.128 e. The molecule has 1 nitrogen and oxygen atoms in total. The second-order valence-corrected chi connectivity index (χ2v) is 5.81. The van der Waals surface area contributed by atoms with E-state index >= 15 is 0 Å². The largest absolute Gasteiger partial charge is 0.303 e. The normalized spacial score (nSPS) is 19.4. The Kier molecular flexibility index (Phi) is 4.01. The van der Waals surface area contributed by atoms with Gasteiger partial charge < -0.3 is 4.79 Å². The Bertz CT molecular complexity index is 625. The van der Waals surface area contributed by atoms with Crippen LogP contribution >= 0.6 is 0 Å². The lowest BCUT2D eigenvalue weighted by molar-refractivity contribution is -0.109. The summed E-state index contributed by atoms with van der Waals surface area (Å²) >= 11 is 0. The minimum absolute atomic E-state index is 0.0372. The topological polar surface area (TPSA) is 17.1 Å². The molecule has 0 aliphatic heterocycles. The molecule has 106 valence electrons. The van der Waals surface area contributed by atoms with Crippen molar-refractivity contribution in [1.82, 2.24) is 0 Å². The molecule has 2 aromatic carbocycles. The van der Waals surface area contributed by atoms with Crippen LogP contribution in [0.5, 0.6) is 0 Å². The summed E-state index contributed by atoms with van der Waals surface area (Å²) in [5, 5.41) is 0. The van der Waals surface area contributed by atoms with Gasteiger partial charge >= 0.3 is 0 Å². The minimum Gasteiger partial charge on any atom is -0.303 e. The quantitative estimate of drug-likeness (QED) is 0.568. The van der Waals surface area contributed by atoms with E-state index in [0.717, 1.165) is 31.1 Å². The molecule has 1 saturated carbocycles. The van der Waals surface area contributed by atoms with Gasteiger partial charge in [0.2, 0.25) is 0 Å². The van der Waals surface area contributed by atoms with E-state index in [-0.39, 0.29) is 5.92 Å². The molecule has 0 N–H and O–H groups in total. The number of carbonyl (C=O) groups excluding carboxylic acids is 1. The van der Waals surface area contributed by atoms with Crippen molar-refractivity contribution in [3.8, 4) is 11.1 Å². The Morgan fingerprint density at radius 1 is 1.00 bits per heavy atom. The Morgan fingerprint density at radius 2 is 1.67 bits per heavy atom. The summed E-state index contributed by atoms with van der Waals surface area (Å²) in [6.45, 7) is 4.14. The first-order valence-corrected chi connectivity index (χ1v) is 7.58. The molecular weight excluding hydrogens is 256 g/mol. The predicted molar refractivity (Wildman–Crippen MR) is 87.2 cm³/mol. The molecule has 0 amide bonds. The van der Waals surface area contributed by atoms with Gasteiger partial charge in [-0.25, -0.2) is 0 Å². The molecule has 0 heterocycles. The van der Waals surface area contributed by atoms with Crippen molar-refractivity contribution in [2.24, 2.45) is 5.92 Å². The maximum absolute atomic E-state index is 11.6. The highest BCUT2D eigenvalue weighted by atomic mass is 16.1. The third-order valence-electron chi connectivity index (χ3n) is 4.52. The highest BCUT2D eigenvalue weighted by Crippen LogP contribution is 2.39. The molecule has 2 aromatic rings. The standard InChI is InChI=1S/C20H20O/c1-15-6-5-9-19(15)20(14-21)18-12-10-17(11-13-18)16-7-3-2-4-8-16/h2-4,7-8,10-14,19-20H,1,5-6,9H2. The van der Waals surface area contributed by atoms with E-state index in [9.17, 15) is 4.79 Å². The van der Waals surface area contributed by atoms with Crippen LogP contribution in [0.15, 0.2) is 66.7 Å². The Morgan fingerprint density at radius 3 is 2.24 bits per heavy atom. The molecule has 0 radical (unpaired) electrons. The first-order chi connectivity index (χ1) is 10.3. The fourth-order valence-electron chi connectivity index (χ4n) is 3.31. The summed E-state index contributed by atoms with van der Waals surface area (Å²) in [4.78, 5) is 11.6. The van der Waals surface area contributed by atoms with Crippen molar-refractivity contribution in [3.63, 3.8) is 0 Å². The van der Waals surface area contributed by atoms with Crippen molar-refractivity contribution in [2.75, 3.05) is 0 Å². The third-order valence-corrected chi connectivity index (χ3v) is 4.52. The number of aldehydes is 1. The first kappa shape index (κ1) is 13.8. The monoisotopic (exact) mass is 276 g/mol. The summed E-state index contributed by atoms with van der Waals surface area (Å²) < 4.78 is 0. The van der Waals surface area contributed by atoms with Crippen LogP contribution in [0, 0.1) is 5.92 Å². The van der Waals surface area contributed by atoms with Gasteiger partial charge in [0.1, 0.15) is 6.29 Å². The first-order valence-electron chi connectivity index (χ1n) is 7.58. The van der Waals surface area contributed by atoms with Crippen LogP contribution in [-0.4, -0.2) is 6.29 Å². The fraction of sp³-hybridized carbons (Fsp3) is 0.250. The van der Waals surface area contributed by atoms with E-state index in [0.29, 0.717) is 5.92 Å². The lowest BCUT2D eigenvalue weighted by atomic mass is 9.83. The molecule has 0 aromatic heterocycles. The molecule has 0 bridgehead atoms. The van der Waals surface area contributed by atoms with Crippen LogP contribution in [-0.2, 0) is 4.79 Å². The molecule has 2 atom stereocenters. The van der Waals surface area contributed by atoms with Gasteiger partial charge in [-0.15, -0.1) is 0 Å². The molecule has 1 aliphatic carbocycles. The Labute approximate surface area is 126 Å². The van der Waals surface area contributed by atoms with Gasteiger partial charge in [0.05, 0.1) is 0 Å². The maximum Gasteiger partial charge on any atom is 0.128 e. The summed E-state index contributed by atoms with van der Waals surface area (Å²) in [7, 11) is 0. The van der Waals surface area contributed by atoms with E-state index in [4.69, 9.17) is 0 Å². The van der Waals surface area contributed by atoms with Gasteiger partial charge in [-0.1, -0.05) is 66.7 Å². The summed E-state index contributed by atoms with van der Waals surface area (Å²) in [6.07, 6.45) is 4.41. The molecule has 1 fully saturated rings. The van der Waals surface area contributed by atoms with Crippen molar-refractivity contribution in [2.45, 2.75) is 25.2 Å². The summed E-state index contributed by atoms with van der Waals surface area (Å²) in [5.41, 5.74) is 4.74. The molecule has 21 heavy (non-hydrogen) atoms. The zero-order chi connectivity index (χ0) is 14.7. The lowest BCUT2D eigenvalue weighted by Crippen LogP contribution is -2.12. The zero-order valence-electron chi connectivity index (χ0n) is 12.2. The van der Waals surface area contributed by atoms with Gasteiger partial charge in [-0.2, -0.15) is 0 Å². The summed E-state index contributed by atoms with van der Waals surface area (Å²) in [5.74, 6) is 0.287. The average molecular weight is 276 g/mol. The van der Waals surface area contributed by atoms with Crippen LogP contribution in [0.25, 0.3) is 11.1 Å². The minimum atomic E-state index is -0.0372. The van der Waals surface area contributed by atoms with Crippen molar-refractivity contribution < 1.29 is 4.79 Å². The second-order valence-electron chi connectivity index (χ2n) is 5.81. The molecule has 0 spiro atoms. The number of benzene rings is 2. The second kappa shape index (κ2) is 6.09. The van der Waals surface area contributed by atoms with Crippen LogP contribution < -0.4 is 0 Å². The molecule has 3 rings (SSSR count). The Balaban J connectivity index is 1.86. The van der Waals surface area contributed by atoms with Crippen LogP contribution in [0.3, 0.4) is 0 Å². The van der Waals surface area contributed by atoms with Crippen molar-refractivity contribution >= 4 is 6.29 Å². The lowest BCUT2D eigenvalue weighted by Gasteiger charge is -2.19. The maximum atomic E-state index is 11.6. The fourth-order valence-corrected chi connectivity index (χ4v) is 3.31. The predicted octanol–water partition coefficient (Wildman–Crippen LogP) is 4.99. The molecular formula is C20H20O. The zero-order valence-corrected chi connectivity index (χ0v) is 12.2. The molecule has 2 unspecified atom stereocenters. The van der Waals surface area contributed by atoms with E-state index in [2.05, 4.69) is 43.0 Å². The van der Waals surface area contributed by atoms with E-state index in [1.165, 1.54) is 16.7 Å². The number of hydrogen-bond donors (Lipinski definition) is 0. The van der Waals surface area contributed by atoms with E-state index in [1.54, 1.807) is 0 Å². The van der Waals surface area contributed by atoms with Gasteiger partial charge in [-0.05, 0) is 41.9 Å². The van der Waals surface area contributed by atoms with Crippen LogP contribution in [0.1, 0.15) is 30.7 Å². The van der Waals surface area contributed by atoms with E-state index < -0.39 is 0 Å². The molecule has 0 saturated heterocycles. The number of hydrogen-bond acceptors (Lipinski definition) is 1. The van der Waals surface area contributed by atoms with E-state index in [1.807, 2.05) is 18.2 Å². The van der Waals surface area contributed by atoms with Crippen LogP contribution in [0.4, 0.5) is 0 Å². The van der Waals surface area contributed by atoms with Gasteiger partial charge in [0.15, 0.2) is 0 Å². The van der Waals surface area contributed by atoms with Gasteiger partial charge in [-0.3, -0.25) is 0 Å². The highest BCUT2D eigenvalue weighted by Gasteiger charge is 2.28. The van der Waals surface area contributed by atoms with Gasteiger partial charge in [0, 0.05) is 5.92 Å². The molecule has 1 aliphatic rings. The number of allylic oxidation sites excluding steroid dienone is 1. The van der Waals surface area contributed by atoms with Crippen molar-refractivity contribution in [3.05, 3.63) is 72.3 Å². The highest BCUT2D eigenvalue weighted by molar-refractivity contribution is 5.67. The van der Waals surface area contributed by atoms with Crippen molar-refractivity contribution in [1.29, 1.82) is 0 Å². The summed E-state index contributed by atoms with van der Waals surface area (Å²) in [6, 6.07) is 18.7. The SMILES string of the molecule is C=C1CCCC1C(C=O)c1ccc(-c2ccccc2)cc1. The Hall–Kier alpha value is -2.15. The third kappa shape index (κ3) is 2.82. The average Bonchev–Trinajstić information content (AvgIpc) is 2.96.